The van der Waals surface area contributed by atoms with Crippen LogP contribution in [-0.4, -0.2) is 5.11 Å². The average Bonchev–Trinajstić information content (AvgIpc) is 3.02. The van der Waals surface area contributed by atoms with Gasteiger partial charge in [-0.15, -0.1) is 0 Å². The van der Waals surface area contributed by atoms with E-state index in [1.165, 1.54) is 0 Å². The van der Waals surface area contributed by atoms with E-state index in [-0.39, 0.29) is 17.5 Å². The van der Waals surface area contributed by atoms with E-state index in [1.54, 1.807) is 12.1 Å². The number of hydrogen-bond donors (Lipinski definition) is 1. The lowest BCUT2D eigenvalue weighted by atomic mass is 9.89. The Morgan fingerprint density at radius 2 is 2.12 bits per heavy atom. The van der Waals surface area contributed by atoms with Crippen LogP contribution in [0.3, 0.4) is 0 Å². The molecule has 0 aliphatic heterocycles. The molecule has 0 aromatic heterocycles. The summed E-state index contributed by atoms with van der Waals surface area (Å²) in [5.41, 5.74) is 3.16. The molecule has 0 atom stereocenters. The van der Waals surface area contributed by atoms with Crippen LogP contribution in [0.4, 0.5) is 4.39 Å². The van der Waals surface area contributed by atoms with Gasteiger partial charge in [-0.2, -0.15) is 0 Å². The molecule has 0 spiro atoms. The molecule has 1 saturated carbocycles. The molecule has 1 aromatic rings. The van der Waals surface area contributed by atoms with Crippen molar-refractivity contribution in [2.75, 3.05) is 0 Å². The van der Waals surface area contributed by atoms with Crippen LogP contribution in [0.15, 0.2) is 24.5 Å². The smallest absolute Gasteiger partial charge is 0.123 e. The molecule has 1 nitrogen and oxygen atoms in total. The summed E-state index contributed by atoms with van der Waals surface area (Å²) in [5.74, 6) is 0.735. The molecule has 1 fully saturated rings. The second-order valence-corrected chi connectivity index (χ2v) is 5.23. The fraction of sp³-hybridized carbons (Fsp3) is 0.467. The van der Waals surface area contributed by atoms with Crippen LogP contribution in [0, 0.1) is 5.82 Å². The lowest BCUT2D eigenvalue weighted by molar-refractivity contribution is 0.400. The zero-order valence-corrected chi connectivity index (χ0v) is 10.5. The second kappa shape index (κ2) is 4.52. The molecule has 1 N–H and O–H groups in total. The third kappa shape index (κ3) is 2.68. The molecular weight excluding hydrogens is 215 g/mol. The molecule has 1 aromatic carbocycles. The molecule has 2 rings (SSSR count). The molecule has 0 radical (unpaired) electrons. The number of allylic oxidation sites excluding steroid dienone is 1. The summed E-state index contributed by atoms with van der Waals surface area (Å²) >= 11 is 0. The zero-order valence-electron chi connectivity index (χ0n) is 10.5. The zero-order chi connectivity index (χ0) is 12.6. The van der Waals surface area contributed by atoms with E-state index in [9.17, 15) is 9.50 Å². The van der Waals surface area contributed by atoms with Gasteiger partial charge in [0.1, 0.15) is 5.82 Å². The molecule has 0 unspecified atom stereocenters. The molecule has 1 aliphatic rings. The van der Waals surface area contributed by atoms with Gasteiger partial charge in [-0.3, -0.25) is 0 Å². The Kier molecular flexibility index (Phi) is 3.23. The van der Waals surface area contributed by atoms with E-state index < -0.39 is 0 Å². The van der Waals surface area contributed by atoms with Crippen molar-refractivity contribution in [3.05, 3.63) is 47.0 Å². The molecule has 0 heterocycles. The number of halogens is 1. The van der Waals surface area contributed by atoms with Crippen molar-refractivity contribution < 1.29 is 9.50 Å². The SMILES string of the molecule is C=C(O)Cc1c(C(C)C)cc(F)cc1C1CC1. The van der Waals surface area contributed by atoms with E-state index in [0.717, 1.165) is 29.5 Å². The highest BCUT2D eigenvalue weighted by Crippen LogP contribution is 2.44. The van der Waals surface area contributed by atoms with Gasteiger partial charge < -0.3 is 5.11 Å². The van der Waals surface area contributed by atoms with Gasteiger partial charge in [-0.05, 0) is 53.5 Å². The Hall–Kier alpha value is -1.31. The van der Waals surface area contributed by atoms with Crippen molar-refractivity contribution in [2.24, 2.45) is 0 Å². The molecule has 17 heavy (non-hydrogen) atoms. The van der Waals surface area contributed by atoms with Gasteiger partial charge in [0.15, 0.2) is 0 Å². The van der Waals surface area contributed by atoms with Crippen LogP contribution < -0.4 is 0 Å². The Balaban J connectivity index is 2.51. The standard InChI is InChI=1S/C15H19FO/c1-9(2)13-7-12(16)8-14(11-4-5-11)15(13)6-10(3)17/h7-9,11,17H,3-6H2,1-2H3. The maximum atomic E-state index is 13.6. The van der Waals surface area contributed by atoms with Crippen molar-refractivity contribution in [1.82, 2.24) is 0 Å². The van der Waals surface area contributed by atoms with Crippen LogP contribution in [-0.2, 0) is 6.42 Å². The van der Waals surface area contributed by atoms with E-state index in [0.29, 0.717) is 12.3 Å². The Labute approximate surface area is 102 Å². The normalized spacial score (nSPS) is 15.3. The third-order valence-corrected chi connectivity index (χ3v) is 3.30. The van der Waals surface area contributed by atoms with E-state index >= 15 is 0 Å². The van der Waals surface area contributed by atoms with Crippen molar-refractivity contribution in [3.63, 3.8) is 0 Å². The van der Waals surface area contributed by atoms with Crippen LogP contribution in [0.25, 0.3) is 0 Å². The lowest BCUT2D eigenvalue weighted by Gasteiger charge is -2.17. The van der Waals surface area contributed by atoms with Crippen LogP contribution in [0.1, 0.15) is 55.2 Å². The first-order valence-electron chi connectivity index (χ1n) is 6.18. The summed E-state index contributed by atoms with van der Waals surface area (Å²) in [6.45, 7) is 7.66. The molecule has 2 heteroatoms. The average molecular weight is 234 g/mol. The topological polar surface area (TPSA) is 20.2 Å². The van der Waals surface area contributed by atoms with Gasteiger partial charge in [0.25, 0.3) is 0 Å². The fourth-order valence-electron chi connectivity index (χ4n) is 2.36. The monoisotopic (exact) mass is 234 g/mol. The highest BCUT2D eigenvalue weighted by atomic mass is 19.1. The van der Waals surface area contributed by atoms with Crippen LogP contribution in [0.5, 0.6) is 0 Å². The van der Waals surface area contributed by atoms with Gasteiger partial charge >= 0.3 is 0 Å². The lowest BCUT2D eigenvalue weighted by Crippen LogP contribution is -2.04. The van der Waals surface area contributed by atoms with E-state index in [2.05, 4.69) is 20.4 Å². The first-order chi connectivity index (χ1) is 7.99. The highest BCUT2D eigenvalue weighted by molar-refractivity contribution is 5.43. The first-order valence-corrected chi connectivity index (χ1v) is 6.18. The number of aliphatic hydroxyl groups excluding tert-OH is 1. The minimum Gasteiger partial charge on any atom is -0.513 e. The predicted molar refractivity (Wildman–Crippen MR) is 67.9 cm³/mol. The largest absolute Gasteiger partial charge is 0.513 e. The fourth-order valence-corrected chi connectivity index (χ4v) is 2.36. The maximum Gasteiger partial charge on any atom is 0.123 e. The number of rotatable bonds is 4. The van der Waals surface area contributed by atoms with Crippen LogP contribution in [0.2, 0.25) is 0 Å². The molecule has 0 bridgehead atoms. The highest BCUT2D eigenvalue weighted by Gasteiger charge is 2.28. The number of hydrogen-bond acceptors (Lipinski definition) is 1. The first kappa shape index (κ1) is 12.2. The predicted octanol–water partition coefficient (Wildman–Crippen LogP) is 4.44. The number of benzene rings is 1. The quantitative estimate of drug-likeness (QED) is 0.763. The van der Waals surface area contributed by atoms with Gasteiger partial charge in [0, 0.05) is 6.42 Å². The summed E-state index contributed by atoms with van der Waals surface area (Å²) in [4.78, 5) is 0. The van der Waals surface area contributed by atoms with Gasteiger partial charge in [-0.25, -0.2) is 4.39 Å². The van der Waals surface area contributed by atoms with Crippen molar-refractivity contribution >= 4 is 0 Å². The van der Waals surface area contributed by atoms with E-state index in [1.807, 2.05) is 0 Å². The minimum atomic E-state index is -0.164. The van der Waals surface area contributed by atoms with Crippen molar-refractivity contribution in [2.45, 2.75) is 44.9 Å². The minimum absolute atomic E-state index is 0.153. The Bertz CT molecular complexity index is 421. The van der Waals surface area contributed by atoms with Gasteiger partial charge in [0.2, 0.25) is 0 Å². The van der Waals surface area contributed by atoms with E-state index in [4.69, 9.17) is 0 Å². The second-order valence-electron chi connectivity index (χ2n) is 5.23. The maximum absolute atomic E-state index is 13.6. The summed E-state index contributed by atoms with van der Waals surface area (Å²) in [5, 5.41) is 9.42. The molecule has 92 valence electrons. The molecule has 1 aliphatic carbocycles. The Morgan fingerprint density at radius 3 is 2.59 bits per heavy atom. The Morgan fingerprint density at radius 1 is 1.47 bits per heavy atom. The van der Waals surface area contributed by atoms with Crippen molar-refractivity contribution in [3.8, 4) is 0 Å². The molecule has 0 amide bonds. The summed E-state index contributed by atoms with van der Waals surface area (Å²) < 4.78 is 13.6. The van der Waals surface area contributed by atoms with Crippen LogP contribution >= 0.6 is 0 Å². The van der Waals surface area contributed by atoms with Crippen molar-refractivity contribution in [1.29, 1.82) is 0 Å². The summed E-state index contributed by atoms with van der Waals surface area (Å²) in [7, 11) is 0. The molecular formula is C15H19FO. The summed E-state index contributed by atoms with van der Waals surface area (Å²) in [6, 6.07) is 3.22. The summed E-state index contributed by atoms with van der Waals surface area (Å²) in [6.07, 6.45) is 2.71. The molecule has 0 saturated heterocycles. The number of aliphatic hydroxyl groups is 1. The van der Waals surface area contributed by atoms with Gasteiger partial charge in [0.05, 0.1) is 5.76 Å². The van der Waals surface area contributed by atoms with Gasteiger partial charge in [-0.1, -0.05) is 20.4 Å². The third-order valence-electron chi connectivity index (χ3n) is 3.30.